The summed E-state index contributed by atoms with van der Waals surface area (Å²) < 4.78 is 16.3. The van der Waals surface area contributed by atoms with Gasteiger partial charge in [0.25, 0.3) is 0 Å². The third kappa shape index (κ3) is 4.43. The Bertz CT molecular complexity index is 765. The molecule has 1 heterocycles. The van der Waals surface area contributed by atoms with E-state index >= 15 is 0 Å². The van der Waals surface area contributed by atoms with Gasteiger partial charge >= 0.3 is 0 Å². The maximum atomic E-state index is 12.8. The van der Waals surface area contributed by atoms with E-state index in [1.165, 1.54) is 0 Å². The van der Waals surface area contributed by atoms with Crippen LogP contribution in [0, 0.1) is 5.92 Å². The second-order valence-corrected chi connectivity index (χ2v) is 6.99. The normalized spacial score (nSPS) is 14.3. The molecule has 1 amide bonds. The molecule has 6 heteroatoms. The highest BCUT2D eigenvalue weighted by Crippen LogP contribution is 2.34. The molecule has 146 valence electrons. The van der Waals surface area contributed by atoms with Gasteiger partial charge in [0.2, 0.25) is 5.91 Å². The Labute approximate surface area is 160 Å². The van der Waals surface area contributed by atoms with Crippen molar-refractivity contribution in [1.82, 2.24) is 10.1 Å². The molecule has 0 atom stereocenters. The average molecular weight is 372 g/mol. The Morgan fingerprint density at radius 2 is 2.00 bits per heavy atom. The molecule has 6 nitrogen and oxygen atoms in total. The first-order chi connectivity index (χ1) is 13.2. The maximum absolute atomic E-state index is 12.8. The molecule has 27 heavy (non-hydrogen) atoms. The van der Waals surface area contributed by atoms with Crippen LogP contribution in [0.25, 0.3) is 11.3 Å². The molecule has 1 fully saturated rings. The van der Waals surface area contributed by atoms with Gasteiger partial charge in [0.1, 0.15) is 17.2 Å². The smallest absolute Gasteiger partial charge is 0.226 e. The van der Waals surface area contributed by atoms with E-state index < -0.39 is 0 Å². The van der Waals surface area contributed by atoms with E-state index in [9.17, 15) is 4.79 Å². The van der Waals surface area contributed by atoms with E-state index in [-0.39, 0.29) is 11.8 Å². The molecule has 0 N–H and O–H groups in total. The van der Waals surface area contributed by atoms with Gasteiger partial charge in [0.05, 0.1) is 26.3 Å². The van der Waals surface area contributed by atoms with Crippen molar-refractivity contribution in [3.63, 3.8) is 0 Å². The molecule has 0 unspecified atom stereocenters. The number of ether oxygens (including phenoxy) is 2. The van der Waals surface area contributed by atoms with Crippen molar-refractivity contribution in [2.24, 2.45) is 5.92 Å². The number of hydrogen-bond acceptors (Lipinski definition) is 5. The second-order valence-electron chi connectivity index (χ2n) is 6.99. The Hall–Kier alpha value is -2.50. The maximum Gasteiger partial charge on any atom is 0.226 e. The van der Waals surface area contributed by atoms with Crippen molar-refractivity contribution < 1.29 is 18.8 Å². The zero-order valence-corrected chi connectivity index (χ0v) is 16.4. The number of nitrogens with zero attached hydrogens (tertiary/aromatic N) is 2. The lowest BCUT2D eigenvalue weighted by Gasteiger charge is -2.24. The summed E-state index contributed by atoms with van der Waals surface area (Å²) in [6.07, 6.45) is 5.24. The number of benzene rings is 1. The van der Waals surface area contributed by atoms with Crippen molar-refractivity contribution in [2.75, 3.05) is 20.8 Å². The molecule has 1 aliphatic rings. The highest BCUT2D eigenvalue weighted by molar-refractivity contribution is 5.79. The van der Waals surface area contributed by atoms with E-state index in [0.29, 0.717) is 23.8 Å². The molecule has 3 rings (SSSR count). The highest BCUT2D eigenvalue weighted by Gasteiger charge is 2.27. The van der Waals surface area contributed by atoms with Crippen molar-refractivity contribution in [3.05, 3.63) is 30.0 Å². The van der Waals surface area contributed by atoms with Gasteiger partial charge in [-0.15, -0.1) is 0 Å². The summed E-state index contributed by atoms with van der Waals surface area (Å²) in [5.74, 6) is 2.42. The van der Waals surface area contributed by atoms with Gasteiger partial charge in [0.15, 0.2) is 5.76 Å². The van der Waals surface area contributed by atoms with Crippen LogP contribution in [0.5, 0.6) is 11.5 Å². The molecule has 1 aromatic heterocycles. The fourth-order valence-electron chi connectivity index (χ4n) is 3.68. The van der Waals surface area contributed by atoms with Crippen LogP contribution < -0.4 is 9.47 Å². The quantitative estimate of drug-likeness (QED) is 0.692. The molecular weight excluding hydrogens is 344 g/mol. The van der Waals surface area contributed by atoms with Crippen LogP contribution in [0.15, 0.2) is 28.8 Å². The Morgan fingerprint density at radius 1 is 1.22 bits per heavy atom. The molecular formula is C21H28N2O4. The predicted molar refractivity (Wildman–Crippen MR) is 103 cm³/mol. The van der Waals surface area contributed by atoms with Gasteiger partial charge in [0, 0.05) is 18.5 Å². The third-order valence-electron chi connectivity index (χ3n) is 5.09. The first kappa shape index (κ1) is 19.3. The number of amides is 1. The minimum Gasteiger partial charge on any atom is -0.497 e. The van der Waals surface area contributed by atoms with Crippen LogP contribution in [0.2, 0.25) is 0 Å². The Balaban J connectivity index is 1.79. The molecule has 1 saturated carbocycles. The first-order valence-electron chi connectivity index (χ1n) is 9.63. The van der Waals surface area contributed by atoms with Crippen LogP contribution >= 0.6 is 0 Å². The largest absolute Gasteiger partial charge is 0.497 e. The van der Waals surface area contributed by atoms with Gasteiger partial charge in [-0.2, -0.15) is 0 Å². The lowest BCUT2D eigenvalue weighted by molar-refractivity contribution is -0.136. The van der Waals surface area contributed by atoms with Crippen LogP contribution in [-0.4, -0.2) is 36.7 Å². The summed E-state index contributed by atoms with van der Waals surface area (Å²) in [5.41, 5.74) is 1.52. The molecule has 0 aliphatic heterocycles. The fraction of sp³-hybridized carbons (Fsp3) is 0.524. The Kier molecular flexibility index (Phi) is 6.37. The van der Waals surface area contributed by atoms with E-state index in [1.807, 2.05) is 29.2 Å². The lowest BCUT2D eigenvalue weighted by atomic mass is 10.1. The highest BCUT2D eigenvalue weighted by atomic mass is 16.5. The van der Waals surface area contributed by atoms with Gasteiger partial charge < -0.3 is 18.9 Å². The van der Waals surface area contributed by atoms with E-state index in [2.05, 4.69) is 12.1 Å². The molecule has 0 bridgehead atoms. The lowest BCUT2D eigenvalue weighted by Crippen LogP contribution is -2.35. The SMILES string of the molecule is CCCN(Cc1cc(-c2cc(OC)ccc2OC)on1)C(=O)C1CCCC1. The number of carbonyl (C=O) groups excluding carboxylic acids is 1. The number of methoxy groups -OCH3 is 2. The second kappa shape index (κ2) is 8.93. The average Bonchev–Trinajstić information content (AvgIpc) is 3.38. The fourth-order valence-corrected chi connectivity index (χ4v) is 3.68. The monoisotopic (exact) mass is 372 g/mol. The number of rotatable bonds is 8. The minimum absolute atomic E-state index is 0.168. The number of hydrogen-bond donors (Lipinski definition) is 0. The van der Waals surface area contributed by atoms with Crippen molar-refractivity contribution in [1.29, 1.82) is 0 Å². The van der Waals surface area contributed by atoms with E-state index in [4.69, 9.17) is 14.0 Å². The van der Waals surface area contributed by atoms with Crippen molar-refractivity contribution in [2.45, 2.75) is 45.6 Å². The molecule has 0 saturated heterocycles. The predicted octanol–water partition coefficient (Wildman–Crippen LogP) is 4.29. The van der Waals surface area contributed by atoms with Crippen LogP contribution in [-0.2, 0) is 11.3 Å². The summed E-state index contributed by atoms with van der Waals surface area (Å²) in [7, 11) is 3.24. The van der Waals surface area contributed by atoms with Crippen LogP contribution in [0.4, 0.5) is 0 Å². The molecule has 1 aliphatic carbocycles. The first-order valence-corrected chi connectivity index (χ1v) is 9.63. The molecule has 0 spiro atoms. The topological polar surface area (TPSA) is 64.8 Å². The van der Waals surface area contributed by atoms with Gasteiger partial charge in [-0.05, 0) is 37.5 Å². The number of carbonyl (C=O) groups is 1. The standard InChI is InChI=1S/C21H28N2O4/c1-4-11-23(21(24)15-7-5-6-8-15)14-16-12-20(27-22-16)18-13-17(25-2)9-10-19(18)26-3/h9-10,12-13,15H,4-8,11,14H2,1-3H3. The third-order valence-corrected chi connectivity index (χ3v) is 5.09. The summed E-state index contributed by atoms with van der Waals surface area (Å²) in [6.45, 7) is 3.29. The van der Waals surface area contributed by atoms with Gasteiger partial charge in [-0.25, -0.2) is 0 Å². The summed E-state index contributed by atoms with van der Waals surface area (Å²) in [5, 5.41) is 4.19. The summed E-state index contributed by atoms with van der Waals surface area (Å²) in [6, 6.07) is 7.41. The van der Waals surface area contributed by atoms with Crippen LogP contribution in [0.3, 0.4) is 0 Å². The van der Waals surface area contributed by atoms with Gasteiger partial charge in [-0.1, -0.05) is 24.9 Å². The molecule has 1 aromatic carbocycles. The van der Waals surface area contributed by atoms with Crippen molar-refractivity contribution >= 4 is 5.91 Å². The summed E-state index contributed by atoms with van der Waals surface area (Å²) >= 11 is 0. The van der Waals surface area contributed by atoms with Crippen molar-refractivity contribution in [3.8, 4) is 22.8 Å². The Morgan fingerprint density at radius 3 is 2.67 bits per heavy atom. The summed E-state index contributed by atoms with van der Waals surface area (Å²) in [4.78, 5) is 14.7. The van der Waals surface area contributed by atoms with E-state index in [0.717, 1.165) is 49.9 Å². The molecule has 0 radical (unpaired) electrons. The van der Waals surface area contributed by atoms with Crippen LogP contribution in [0.1, 0.15) is 44.7 Å². The minimum atomic E-state index is 0.168. The van der Waals surface area contributed by atoms with Gasteiger partial charge in [-0.3, -0.25) is 4.79 Å². The zero-order valence-electron chi connectivity index (χ0n) is 16.4. The zero-order chi connectivity index (χ0) is 19.2. The number of aromatic nitrogens is 1. The molecule has 2 aromatic rings. The van der Waals surface area contributed by atoms with E-state index in [1.54, 1.807) is 14.2 Å².